The molecule has 7 heteroatoms. The Kier molecular flexibility index (Phi) is 5.99. The Morgan fingerprint density at radius 2 is 2.07 bits per heavy atom. The van der Waals surface area contributed by atoms with Crippen LogP contribution in [0.5, 0.6) is 0 Å². The van der Waals surface area contributed by atoms with Crippen molar-refractivity contribution in [3.05, 3.63) is 35.1 Å². The summed E-state index contributed by atoms with van der Waals surface area (Å²) in [5, 5.41) is 12.3. The van der Waals surface area contributed by atoms with Crippen LogP contribution < -0.4 is 5.32 Å². The van der Waals surface area contributed by atoms with Crippen molar-refractivity contribution >= 4 is 11.8 Å². The zero-order valence-corrected chi connectivity index (χ0v) is 16.5. The molecule has 28 heavy (non-hydrogen) atoms. The molecular weight excluding hydrogens is 359 g/mol. The van der Waals surface area contributed by atoms with Crippen molar-refractivity contribution in [2.75, 3.05) is 19.6 Å². The fourth-order valence-corrected chi connectivity index (χ4v) is 3.90. The summed E-state index contributed by atoms with van der Waals surface area (Å²) < 4.78 is 13.3. The first-order valence-corrected chi connectivity index (χ1v) is 9.78. The summed E-state index contributed by atoms with van der Waals surface area (Å²) in [6.45, 7) is 5.59. The van der Waals surface area contributed by atoms with Gasteiger partial charge in [0.25, 0.3) is 0 Å². The average molecular weight is 386 g/mol. The zero-order chi connectivity index (χ0) is 20.3. The van der Waals surface area contributed by atoms with Crippen molar-refractivity contribution in [3.63, 3.8) is 0 Å². The molecule has 0 radical (unpaired) electrons. The minimum atomic E-state index is -0.544. The van der Waals surface area contributed by atoms with Crippen molar-refractivity contribution in [2.45, 2.75) is 57.7 Å². The van der Waals surface area contributed by atoms with Gasteiger partial charge in [-0.25, -0.2) is 4.39 Å². The molecule has 6 nitrogen and oxygen atoms in total. The minimum absolute atomic E-state index is 0.0102. The Hall–Kier alpha value is -2.46. The number of likely N-dealkylation sites (tertiary alicyclic amines) is 1. The van der Waals surface area contributed by atoms with Gasteiger partial charge in [-0.1, -0.05) is 6.07 Å². The normalized spacial score (nSPS) is 19.3. The second kappa shape index (κ2) is 8.27. The van der Waals surface area contributed by atoms with Gasteiger partial charge in [0.15, 0.2) is 0 Å². The Morgan fingerprint density at radius 1 is 1.29 bits per heavy atom. The molecule has 0 saturated carbocycles. The number of benzene rings is 1. The third-order valence-corrected chi connectivity index (χ3v) is 5.57. The number of fused-ring (bicyclic) bond motifs is 1. The summed E-state index contributed by atoms with van der Waals surface area (Å²) in [7, 11) is 0. The first-order valence-electron chi connectivity index (χ1n) is 9.78. The van der Waals surface area contributed by atoms with Crippen molar-refractivity contribution in [1.82, 2.24) is 15.1 Å². The molecule has 2 aliphatic heterocycles. The molecule has 1 fully saturated rings. The Labute approximate surface area is 165 Å². The van der Waals surface area contributed by atoms with Gasteiger partial charge in [-0.2, -0.15) is 5.26 Å². The van der Waals surface area contributed by atoms with Crippen LogP contribution in [0.2, 0.25) is 0 Å². The number of nitrogens with one attached hydrogen (secondary N) is 1. The summed E-state index contributed by atoms with van der Waals surface area (Å²) >= 11 is 0. The van der Waals surface area contributed by atoms with Crippen molar-refractivity contribution < 1.29 is 14.0 Å². The summed E-state index contributed by atoms with van der Waals surface area (Å²) in [5.74, 6) is -0.334. The second-order valence-corrected chi connectivity index (χ2v) is 8.27. The molecule has 1 aromatic carbocycles. The monoisotopic (exact) mass is 386 g/mol. The van der Waals surface area contributed by atoms with Gasteiger partial charge in [0.1, 0.15) is 11.9 Å². The number of amides is 2. The van der Waals surface area contributed by atoms with Crippen LogP contribution in [0.3, 0.4) is 0 Å². The maximum absolute atomic E-state index is 13.3. The van der Waals surface area contributed by atoms with Gasteiger partial charge in [-0.15, -0.1) is 0 Å². The summed E-state index contributed by atoms with van der Waals surface area (Å²) in [5.41, 5.74) is 1.40. The molecule has 1 saturated heterocycles. The molecule has 0 aliphatic carbocycles. The molecule has 1 aromatic rings. The third-order valence-electron chi connectivity index (χ3n) is 5.57. The van der Waals surface area contributed by atoms with E-state index in [-0.39, 0.29) is 36.6 Å². The van der Waals surface area contributed by atoms with E-state index in [0.717, 1.165) is 24.0 Å². The van der Waals surface area contributed by atoms with Crippen molar-refractivity contribution in [2.24, 2.45) is 0 Å². The average Bonchev–Trinajstić information content (AvgIpc) is 3.14. The molecule has 2 aliphatic rings. The molecule has 1 N–H and O–H groups in total. The lowest BCUT2D eigenvalue weighted by Crippen LogP contribution is -2.50. The smallest absolute Gasteiger partial charge is 0.237 e. The van der Waals surface area contributed by atoms with E-state index in [4.69, 9.17) is 5.26 Å². The largest absolute Gasteiger partial charge is 0.338 e. The predicted molar refractivity (Wildman–Crippen MR) is 103 cm³/mol. The highest BCUT2D eigenvalue weighted by Gasteiger charge is 2.31. The van der Waals surface area contributed by atoms with Gasteiger partial charge < -0.3 is 15.1 Å². The molecule has 150 valence electrons. The molecule has 1 atom stereocenters. The molecule has 3 rings (SSSR count). The van der Waals surface area contributed by atoms with E-state index in [1.807, 2.05) is 13.8 Å². The van der Waals surface area contributed by atoms with Crippen LogP contribution in [0.1, 0.15) is 44.2 Å². The molecule has 2 amide bonds. The summed E-state index contributed by atoms with van der Waals surface area (Å²) in [6, 6.07) is 6.55. The van der Waals surface area contributed by atoms with E-state index >= 15 is 0 Å². The van der Waals surface area contributed by atoms with E-state index in [2.05, 4.69) is 11.4 Å². The quantitative estimate of drug-likeness (QED) is 0.840. The van der Waals surface area contributed by atoms with Crippen LogP contribution in [0.4, 0.5) is 4.39 Å². The predicted octanol–water partition coefficient (Wildman–Crippen LogP) is 1.98. The lowest BCUT2D eigenvalue weighted by molar-refractivity contribution is -0.134. The number of halogens is 1. The number of nitriles is 1. The molecule has 0 unspecified atom stereocenters. The Bertz CT molecular complexity index is 802. The zero-order valence-electron chi connectivity index (χ0n) is 16.5. The van der Waals surface area contributed by atoms with Gasteiger partial charge in [-0.3, -0.25) is 9.59 Å². The number of nitrogens with zero attached hydrogens (tertiary/aromatic N) is 3. The molecule has 0 spiro atoms. The highest BCUT2D eigenvalue weighted by Crippen LogP contribution is 2.22. The number of rotatable bonds is 5. The van der Waals surface area contributed by atoms with Gasteiger partial charge in [-0.05, 0) is 56.4 Å². The van der Waals surface area contributed by atoms with Crippen molar-refractivity contribution in [1.29, 1.82) is 5.26 Å². The fraction of sp³-hybridized carbons (Fsp3) is 0.571. The second-order valence-electron chi connectivity index (χ2n) is 8.27. The SMILES string of the molecule is CC(C)(CC(=O)N1CCc2cc(F)ccc2C1)NCC(=O)N1CCC[C@H]1C#N. The van der Waals surface area contributed by atoms with Crippen LogP contribution in [-0.2, 0) is 22.6 Å². The van der Waals surface area contributed by atoms with E-state index in [1.54, 1.807) is 21.9 Å². The van der Waals surface area contributed by atoms with Gasteiger partial charge >= 0.3 is 0 Å². The first-order chi connectivity index (χ1) is 13.3. The number of carbonyl (C=O) groups is 2. The summed E-state index contributed by atoms with van der Waals surface area (Å²) in [4.78, 5) is 28.6. The van der Waals surface area contributed by atoms with Crippen LogP contribution >= 0.6 is 0 Å². The van der Waals surface area contributed by atoms with Crippen molar-refractivity contribution in [3.8, 4) is 6.07 Å². The maximum atomic E-state index is 13.3. The third kappa shape index (κ3) is 4.68. The van der Waals surface area contributed by atoms with Gasteiger partial charge in [0, 0.05) is 31.6 Å². The van der Waals surface area contributed by atoms with Gasteiger partial charge in [0.2, 0.25) is 11.8 Å². The highest BCUT2D eigenvalue weighted by molar-refractivity contribution is 5.80. The van der Waals surface area contributed by atoms with E-state index < -0.39 is 5.54 Å². The molecular formula is C21H27FN4O2. The van der Waals surface area contributed by atoms with Crippen LogP contribution in [0, 0.1) is 17.1 Å². The van der Waals surface area contributed by atoms with Crippen LogP contribution in [0.25, 0.3) is 0 Å². The Morgan fingerprint density at radius 3 is 2.82 bits per heavy atom. The number of hydrogen-bond acceptors (Lipinski definition) is 4. The Balaban J connectivity index is 1.52. The highest BCUT2D eigenvalue weighted by atomic mass is 19.1. The lowest BCUT2D eigenvalue weighted by atomic mass is 9.96. The topological polar surface area (TPSA) is 76.4 Å². The fourth-order valence-electron chi connectivity index (χ4n) is 3.90. The lowest BCUT2D eigenvalue weighted by Gasteiger charge is -2.33. The minimum Gasteiger partial charge on any atom is -0.338 e. The number of hydrogen-bond donors (Lipinski definition) is 1. The molecule has 0 aromatic heterocycles. The van der Waals surface area contributed by atoms with E-state index in [0.29, 0.717) is 26.1 Å². The van der Waals surface area contributed by atoms with E-state index in [1.165, 1.54) is 6.07 Å². The number of carbonyl (C=O) groups excluding carboxylic acids is 2. The summed E-state index contributed by atoms with van der Waals surface area (Å²) in [6.07, 6.45) is 2.49. The van der Waals surface area contributed by atoms with Crippen LogP contribution in [-0.4, -0.2) is 52.8 Å². The van der Waals surface area contributed by atoms with E-state index in [9.17, 15) is 14.0 Å². The molecule has 2 heterocycles. The maximum Gasteiger partial charge on any atom is 0.237 e. The molecule has 0 bridgehead atoms. The standard InChI is InChI=1S/C21H27FN4O2/c1-21(2,24-13-20(28)26-8-3-4-18(26)12-23)11-19(27)25-9-7-15-10-17(22)6-5-16(15)14-25/h5-6,10,18,24H,3-4,7-9,11,13-14H2,1-2H3/t18-/m0/s1. The van der Waals surface area contributed by atoms with Crippen LogP contribution in [0.15, 0.2) is 18.2 Å². The first kappa shape index (κ1) is 20.3. The van der Waals surface area contributed by atoms with Gasteiger partial charge in [0.05, 0.1) is 12.6 Å².